The lowest BCUT2D eigenvalue weighted by Crippen LogP contribution is -2.34. The fraction of sp³-hybridized carbons (Fsp3) is 0.500. The molecule has 0 aliphatic heterocycles. The number of carboxylic acid groups (broad SMARTS) is 5. The molecule has 0 radical (unpaired) electrons. The van der Waals surface area contributed by atoms with E-state index in [1.807, 2.05) is 0 Å². The van der Waals surface area contributed by atoms with Crippen LogP contribution in [0.25, 0.3) is 0 Å². The van der Waals surface area contributed by atoms with Crippen LogP contribution in [0.3, 0.4) is 0 Å². The van der Waals surface area contributed by atoms with Crippen LogP contribution < -0.4 is 45.9 Å². The molecule has 21 N–H and O–H groups in total. The smallest absolute Gasteiger partial charge is 0.321 e. The van der Waals surface area contributed by atoms with E-state index in [4.69, 9.17) is 42.7 Å². The van der Waals surface area contributed by atoms with Crippen molar-refractivity contribution in [3.8, 4) is 0 Å². The van der Waals surface area contributed by atoms with Crippen molar-refractivity contribution < 1.29 is 63.9 Å². The van der Waals surface area contributed by atoms with Gasteiger partial charge in [0.15, 0.2) is 0 Å². The standard InChI is InChI=1S/3C4H8N2O3.2C2H5NO2/c3*5-2(4(8)9)1-3(6)7;2*3-1-2(4)5/h3*2H,1,5H2,(H2,6,7)(H,8,9);2*1,3H2,(H,4,5). The van der Waals surface area contributed by atoms with E-state index in [0.717, 1.165) is 0 Å². The summed E-state index contributed by atoms with van der Waals surface area (Å²) in [5, 5.41) is 39.5. The molecule has 0 aromatic heterocycles. The normalized spacial score (nSPS) is 11.2. The molecule has 3 atom stereocenters. The second-order valence-electron chi connectivity index (χ2n) is 6.04. The molecule has 0 rings (SSSR count). The maximum Gasteiger partial charge on any atom is 0.321 e. The third-order valence-corrected chi connectivity index (χ3v) is 2.56. The molecule has 3 unspecified atom stereocenters. The number of hydrogen-bond donors (Lipinski definition) is 13. The van der Waals surface area contributed by atoms with Crippen LogP contribution in [0.1, 0.15) is 19.3 Å². The highest BCUT2D eigenvalue weighted by Crippen LogP contribution is 1.85. The van der Waals surface area contributed by atoms with Crippen LogP contribution in [0.15, 0.2) is 0 Å². The summed E-state index contributed by atoms with van der Waals surface area (Å²) in [6.07, 6.45) is -0.931. The third kappa shape index (κ3) is 49.7. The van der Waals surface area contributed by atoms with Crippen LogP contribution in [-0.2, 0) is 38.4 Å². The number of nitrogens with two attached hydrogens (primary N) is 8. The summed E-state index contributed by atoms with van der Waals surface area (Å²) in [6, 6.07) is -3.49. The maximum absolute atomic E-state index is 9.99. The number of aliphatic carboxylic acids is 5. The maximum atomic E-state index is 9.99. The van der Waals surface area contributed by atoms with Crippen LogP contribution >= 0.6 is 0 Å². The Balaban J connectivity index is -0.000000118. The second kappa shape index (κ2) is 26.2. The first-order valence-electron chi connectivity index (χ1n) is 9.29. The Morgan fingerprint density at radius 2 is 0.595 bits per heavy atom. The van der Waals surface area contributed by atoms with Crippen LogP contribution in [0, 0.1) is 0 Å². The van der Waals surface area contributed by atoms with Crippen molar-refractivity contribution in [1.82, 2.24) is 0 Å². The number of carbonyl (C=O) groups excluding carboxylic acids is 3. The Morgan fingerprint density at radius 3 is 0.622 bits per heavy atom. The topological polar surface area (TPSA) is 446 Å². The Bertz CT molecular complexity index is 673. The van der Waals surface area contributed by atoms with Gasteiger partial charge in [0.05, 0.1) is 32.4 Å². The van der Waals surface area contributed by atoms with Crippen LogP contribution in [0.2, 0.25) is 0 Å². The predicted molar refractivity (Wildman–Crippen MR) is 122 cm³/mol. The van der Waals surface area contributed by atoms with Gasteiger partial charge in [0.1, 0.15) is 18.1 Å². The fourth-order valence-electron chi connectivity index (χ4n) is 0.912. The number of hydrogen-bond acceptors (Lipinski definition) is 13. The van der Waals surface area contributed by atoms with E-state index in [2.05, 4.69) is 28.7 Å². The van der Waals surface area contributed by atoms with E-state index in [0.29, 0.717) is 0 Å². The Labute approximate surface area is 208 Å². The first-order valence-corrected chi connectivity index (χ1v) is 9.29. The lowest BCUT2D eigenvalue weighted by molar-refractivity contribution is -0.140. The molecule has 21 heteroatoms. The van der Waals surface area contributed by atoms with Crippen molar-refractivity contribution >= 4 is 47.6 Å². The number of primary amides is 3. The molecular formula is C16H34N8O13. The zero-order valence-electron chi connectivity index (χ0n) is 19.4. The fourth-order valence-corrected chi connectivity index (χ4v) is 0.912. The number of amides is 3. The van der Waals surface area contributed by atoms with Gasteiger partial charge >= 0.3 is 29.8 Å². The molecule has 3 amide bonds. The van der Waals surface area contributed by atoms with Gasteiger partial charge < -0.3 is 71.4 Å². The van der Waals surface area contributed by atoms with Crippen molar-refractivity contribution in [2.75, 3.05) is 13.1 Å². The molecule has 0 aromatic rings. The van der Waals surface area contributed by atoms with E-state index < -0.39 is 65.7 Å². The number of carboxylic acids is 5. The molecule has 0 aliphatic carbocycles. The average molecular weight is 546 g/mol. The van der Waals surface area contributed by atoms with Gasteiger partial charge in [-0.25, -0.2) is 0 Å². The minimum absolute atomic E-state index is 0.278. The lowest BCUT2D eigenvalue weighted by Gasteiger charge is -1.99. The lowest BCUT2D eigenvalue weighted by atomic mass is 10.2. The first kappa shape index (κ1) is 42.7. The van der Waals surface area contributed by atoms with Crippen molar-refractivity contribution in [3.63, 3.8) is 0 Å². The SMILES string of the molecule is NC(=O)CC(N)C(=O)O.NC(=O)CC(N)C(=O)O.NC(=O)CC(N)C(=O)O.NCC(=O)O.NCC(=O)O. The van der Waals surface area contributed by atoms with Crippen molar-refractivity contribution in [3.05, 3.63) is 0 Å². The monoisotopic (exact) mass is 546 g/mol. The Hall–Kier alpha value is -4.44. The molecule has 0 saturated carbocycles. The molecule has 216 valence electrons. The number of rotatable bonds is 11. The van der Waals surface area contributed by atoms with Gasteiger partial charge in [-0.2, -0.15) is 0 Å². The van der Waals surface area contributed by atoms with Crippen LogP contribution in [0.5, 0.6) is 0 Å². The van der Waals surface area contributed by atoms with Gasteiger partial charge in [-0.15, -0.1) is 0 Å². The minimum Gasteiger partial charge on any atom is -0.480 e. The molecule has 0 bridgehead atoms. The summed E-state index contributed by atoms with van der Waals surface area (Å²) in [6.45, 7) is -0.556. The average Bonchev–Trinajstić information content (AvgIpc) is 2.73. The summed E-state index contributed by atoms with van der Waals surface area (Å²) in [5.74, 6) is -7.69. The highest BCUT2D eigenvalue weighted by atomic mass is 16.4. The van der Waals surface area contributed by atoms with Gasteiger partial charge in [0, 0.05) is 0 Å². The molecule has 37 heavy (non-hydrogen) atoms. The third-order valence-electron chi connectivity index (χ3n) is 2.56. The molecule has 0 aliphatic rings. The molecule has 0 spiro atoms. The summed E-state index contributed by atoms with van der Waals surface area (Å²) in [7, 11) is 0. The second-order valence-corrected chi connectivity index (χ2v) is 6.04. The van der Waals surface area contributed by atoms with Gasteiger partial charge in [-0.1, -0.05) is 0 Å². The summed E-state index contributed by atoms with van der Waals surface area (Å²) >= 11 is 0. The zero-order chi connectivity index (χ0) is 30.9. The Kier molecular flexibility index (Phi) is 30.2. The van der Waals surface area contributed by atoms with Crippen LogP contribution in [-0.4, -0.2) is 104 Å². The summed E-state index contributed by atoms with van der Waals surface area (Å²) in [4.78, 5) is 78.2. The minimum atomic E-state index is -1.21. The Morgan fingerprint density at radius 1 is 0.459 bits per heavy atom. The summed E-state index contributed by atoms with van der Waals surface area (Å²) < 4.78 is 0. The van der Waals surface area contributed by atoms with E-state index in [1.165, 1.54) is 0 Å². The number of carbonyl (C=O) groups is 8. The highest BCUT2D eigenvalue weighted by Gasteiger charge is 2.14. The first-order chi connectivity index (χ1) is 16.6. The van der Waals surface area contributed by atoms with Crippen molar-refractivity contribution in [2.45, 2.75) is 37.4 Å². The molecule has 0 saturated heterocycles. The molecule has 0 aromatic carbocycles. The van der Waals surface area contributed by atoms with Gasteiger partial charge in [0.25, 0.3) is 0 Å². The predicted octanol–water partition coefficient (Wildman–Crippen LogP) is -7.12. The van der Waals surface area contributed by atoms with Crippen molar-refractivity contribution in [2.24, 2.45) is 45.9 Å². The zero-order valence-corrected chi connectivity index (χ0v) is 19.4. The molecule has 0 fully saturated rings. The van der Waals surface area contributed by atoms with E-state index in [1.54, 1.807) is 0 Å². The quantitative estimate of drug-likeness (QED) is 0.114. The highest BCUT2D eigenvalue weighted by molar-refractivity contribution is 5.84. The van der Waals surface area contributed by atoms with Gasteiger partial charge in [0.2, 0.25) is 17.7 Å². The largest absolute Gasteiger partial charge is 0.480 e. The van der Waals surface area contributed by atoms with E-state index in [9.17, 15) is 38.4 Å². The van der Waals surface area contributed by atoms with E-state index >= 15 is 0 Å². The van der Waals surface area contributed by atoms with Crippen LogP contribution in [0.4, 0.5) is 0 Å². The van der Waals surface area contributed by atoms with Crippen molar-refractivity contribution in [1.29, 1.82) is 0 Å². The molecule has 21 nitrogen and oxygen atoms in total. The molecular weight excluding hydrogens is 512 g/mol. The van der Waals surface area contributed by atoms with Gasteiger partial charge in [-0.05, 0) is 0 Å². The molecule has 0 heterocycles. The summed E-state index contributed by atoms with van der Waals surface area (Å²) in [5.41, 5.74) is 37.8. The van der Waals surface area contributed by atoms with Gasteiger partial charge in [-0.3, -0.25) is 38.4 Å². The van der Waals surface area contributed by atoms with E-state index in [-0.39, 0.29) is 32.4 Å².